The zero-order chi connectivity index (χ0) is 21.1. The minimum Gasteiger partial charge on any atom is -0.394 e. The summed E-state index contributed by atoms with van der Waals surface area (Å²) in [7, 11) is -4.67. The molecule has 0 aromatic carbocycles. The van der Waals surface area contributed by atoms with Gasteiger partial charge in [-0.15, -0.1) is 0 Å². The largest absolute Gasteiger partial charge is 0.394 e. The summed E-state index contributed by atoms with van der Waals surface area (Å²) < 4.78 is 42.6. The van der Waals surface area contributed by atoms with Crippen LogP contribution in [-0.2, 0) is 19.9 Å². The molecule has 14 nitrogen and oxygen atoms in total. The Labute approximate surface area is 155 Å². The molecule has 0 radical (unpaired) electrons. The molecule has 0 spiro atoms. The molecule has 15 heteroatoms. The van der Waals surface area contributed by atoms with Crippen LogP contribution in [0.4, 0.5) is 0 Å². The van der Waals surface area contributed by atoms with E-state index in [-0.39, 0.29) is 6.42 Å². The standard InChI is InChI=1S/C12H26N4O6.H2O4S/c13-3-1-4(14)11(10(20)8(3)18)22-12-7(16)6(15)9(19)5(2-17)21-12;1-5(2,3)4/h3-12,17-20H,1-2,13-16H2;(H2,1,2,3,4)/t3-,4+,5-,6+,7-,8+,9-,10-,11-,12-;/m1./s1. The average Bonchev–Trinajstić information content (AvgIpc) is 2.55. The molecule has 162 valence electrons. The van der Waals surface area contributed by atoms with Crippen LogP contribution in [0.25, 0.3) is 0 Å². The van der Waals surface area contributed by atoms with Crippen molar-refractivity contribution in [3.63, 3.8) is 0 Å². The normalized spacial score (nSPS) is 45.7. The second kappa shape index (κ2) is 9.79. The summed E-state index contributed by atoms with van der Waals surface area (Å²) in [4.78, 5) is 0. The topological polar surface area (TPSA) is 278 Å². The Bertz CT molecular complexity index is 558. The summed E-state index contributed by atoms with van der Waals surface area (Å²) in [6.07, 6.45) is -6.35. The molecule has 1 aliphatic carbocycles. The maximum Gasteiger partial charge on any atom is 0.394 e. The van der Waals surface area contributed by atoms with E-state index in [9.17, 15) is 20.4 Å². The van der Waals surface area contributed by atoms with Crippen LogP contribution in [-0.4, -0.2) is 106 Å². The number of aliphatic hydroxyl groups is 4. The van der Waals surface area contributed by atoms with Crippen molar-refractivity contribution in [3.05, 3.63) is 0 Å². The molecule has 10 atom stereocenters. The van der Waals surface area contributed by atoms with Crippen LogP contribution in [0.15, 0.2) is 0 Å². The lowest BCUT2D eigenvalue weighted by Crippen LogP contribution is -2.68. The molecule has 1 saturated carbocycles. The predicted molar refractivity (Wildman–Crippen MR) is 89.3 cm³/mol. The minimum absolute atomic E-state index is 0.253. The monoisotopic (exact) mass is 420 g/mol. The van der Waals surface area contributed by atoms with Gasteiger partial charge >= 0.3 is 10.4 Å². The first-order valence-electron chi connectivity index (χ1n) is 7.96. The summed E-state index contributed by atoms with van der Waals surface area (Å²) >= 11 is 0. The van der Waals surface area contributed by atoms with Gasteiger partial charge in [0.2, 0.25) is 0 Å². The molecule has 1 heterocycles. The van der Waals surface area contributed by atoms with Gasteiger partial charge in [-0.05, 0) is 6.42 Å². The van der Waals surface area contributed by atoms with E-state index in [1.165, 1.54) is 0 Å². The van der Waals surface area contributed by atoms with Crippen LogP contribution in [0.2, 0.25) is 0 Å². The van der Waals surface area contributed by atoms with Crippen molar-refractivity contribution >= 4 is 10.4 Å². The quantitative estimate of drug-likeness (QED) is 0.190. The number of nitrogens with two attached hydrogens (primary N) is 4. The highest BCUT2D eigenvalue weighted by Gasteiger charge is 2.47. The second-order valence-corrected chi connectivity index (χ2v) is 7.36. The number of ether oxygens (including phenoxy) is 2. The average molecular weight is 420 g/mol. The molecule has 0 unspecified atom stereocenters. The molecule has 0 amide bonds. The molecule has 0 aromatic rings. The van der Waals surface area contributed by atoms with Gasteiger partial charge < -0.3 is 52.8 Å². The van der Waals surface area contributed by atoms with Crippen LogP contribution in [0, 0.1) is 0 Å². The molecule has 2 fully saturated rings. The summed E-state index contributed by atoms with van der Waals surface area (Å²) in [5.74, 6) is 0. The van der Waals surface area contributed by atoms with Crippen LogP contribution in [0.1, 0.15) is 6.42 Å². The summed E-state index contributed by atoms with van der Waals surface area (Å²) in [6.45, 7) is -0.464. The molecular formula is C12H28N4O10S. The lowest BCUT2D eigenvalue weighted by molar-refractivity contribution is -0.277. The Morgan fingerprint density at radius 3 is 1.93 bits per heavy atom. The third-order valence-electron chi connectivity index (χ3n) is 4.41. The van der Waals surface area contributed by atoms with Crippen LogP contribution in [0.3, 0.4) is 0 Å². The third kappa shape index (κ3) is 6.79. The van der Waals surface area contributed by atoms with Crippen molar-refractivity contribution in [2.75, 3.05) is 6.61 Å². The summed E-state index contributed by atoms with van der Waals surface area (Å²) in [6, 6.07) is -3.04. The van der Waals surface area contributed by atoms with E-state index >= 15 is 0 Å². The fourth-order valence-corrected chi connectivity index (χ4v) is 2.90. The van der Waals surface area contributed by atoms with E-state index in [1.54, 1.807) is 0 Å². The van der Waals surface area contributed by atoms with E-state index in [1.807, 2.05) is 0 Å². The van der Waals surface area contributed by atoms with Crippen molar-refractivity contribution in [1.29, 1.82) is 0 Å². The van der Waals surface area contributed by atoms with Gasteiger partial charge in [0.15, 0.2) is 6.29 Å². The van der Waals surface area contributed by atoms with Crippen LogP contribution >= 0.6 is 0 Å². The number of hydrogen-bond acceptors (Lipinski definition) is 12. The Balaban J connectivity index is 0.000000646. The molecule has 27 heavy (non-hydrogen) atoms. The van der Waals surface area contributed by atoms with E-state index < -0.39 is 78.0 Å². The fraction of sp³-hybridized carbons (Fsp3) is 1.00. The lowest BCUT2D eigenvalue weighted by Gasteiger charge is -2.46. The minimum atomic E-state index is -4.67. The molecular weight excluding hydrogens is 392 g/mol. The van der Waals surface area contributed by atoms with Crippen molar-refractivity contribution in [2.24, 2.45) is 22.9 Å². The first kappa shape index (κ1) is 24.5. The molecule has 2 aliphatic rings. The van der Waals surface area contributed by atoms with Gasteiger partial charge in [0, 0.05) is 12.1 Å². The van der Waals surface area contributed by atoms with Crippen molar-refractivity contribution in [2.45, 2.75) is 67.4 Å². The predicted octanol–water partition coefficient (Wildman–Crippen LogP) is -5.77. The highest BCUT2D eigenvalue weighted by Crippen LogP contribution is 2.26. The van der Waals surface area contributed by atoms with Gasteiger partial charge in [-0.25, -0.2) is 0 Å². The van der Waals surface area contributed by atoms with Crippen LogP contribution in [0.5, 0.6) is 0 Å². The number of rotatable bonds is 3. The van der Waals surface area contributed by atoms with Gasteiger partial charge in [0.05, 0.1) is 30.9 Å². The maximum absolute atomic E-state index is 10.1. The first-order valence-corrected chi connectivity index (χ1v) is 9.35. The van der Waals surface area contributed by atoms with Gasteiger partial charge in [0.25, 0.3) is 0 Å². The summed E-state index contributed by atoms with van der Waals surface area (Å²) in [5.41, 5.74) is 23.3. The lowest BCUT2D eigenvalue weighted by atomic mass is 9.84. The van der Waals surface area contributed by atoms with Gasteiger partial charge in [-0.2, -0.15) is 8.42 Å². The third-order valence-corrected chi connectivity index (χ3v) is 4.41. The van der Waals surface area contributed by atoms with Crippen LogP contribution < -0.4 is 22.9 Å². The molecule has 2 rings (SSSR count). The molecule has 1 aliphatic heterocycles. The number of hydrogen-bond donors (Lipinski definition) is 10. The molecule has 0 aromatic heterocycles. The molecule has 0 bridgehead atoms. The summed E-state index contributed by atoms with van der Waals surface area (Å²) in [5, 5.41) is 38.9. The highest BCUT2D eigenvalue weighted by atomic mass is 32.3. The SMILES string of the molecule is N[C@H]1[C@@H](O[C@H]2[C@H](O)[C@@H](O)[C@H](N)C[C@@H]2N)O[C@H](CO)[C@@H](O)[C@H]1N.O=S(=O)(O)O. The van der Waals surface area contributed by atoms with Crippen molar-refractivity contribution < 1.29 is 47.4 Å². The van der Waals surface area contributed by atoms with E-state index in [2.05, 4.69) is 0 Å². The van der Waals surface area contributed by atoms with Crippen molar-refractivity contribution in [1.82, 2.24) is 0 Å². The Kier molecular flexibility index (Phi) is 8.89. The molecule has 1 saturated heterocycles. The van der Waals surface area contributed by atoms with E-state index in [0.717, 1.165) is 0 Å². The highest BCUT2D eigenvalue weighted by molar-refractivity contribution is 7.79. The molecule has 14 N–H and O–H groups in total. The zero-order valence-corrected chi connectivity index (χ0v) is 15.0. The van der Waals surface area contributed by atoms with E-state index in [4.69, 9.17) is 49.9 Å². The number of aliphatic hydroxyl groups excluding tert-OH is 4. The van der Waals surface area contributed by atoms with Gasteiger partial charge in [0.1, 0.15) is 18.3 Å². The first-order chi connectivity index (χ1) is 12.3. The van der Waals surface area contributed by atoms with Gasteiger partial charge in [-0.3, -0.25) is 9.11 Å². The Hall–Kier alpha value is -0.530. The van der Waals surface area contributed by atoms with E-state index in [0.29, 0.717) is 0 Å². The Morgan fingerprint density at radius 2 is 1.44 bits per heavy atom. The zero-order valence-electron chi connectivity index (χ0n) is 14.2. The fourth-order valence-electron chi connectivity index (χ4n) is 2.90. The Morgan fingerprint density at radius 1 is 0.926 bits per heavy atom. The smallest absolute Gasteiger partial charge is 0.394 e. The second-order valence-electron chi connectivity index (χ2n) is 6.46. The maximum atomic E-state index is 10.1. The van der Waals surface area contributed by atoms with Gasteiger partial charge in [-0.1, -0.05) is 0 Å². The van der Waals surface area contributed by atoms with Crippen molar-refractivity contribution in [3.8, 4) is 0 Å².